The van der Waals surface area contributed by atoms with E-state index in [1.54, 1.807) is 12.4 Å². The summed E-state index contributed by atoms with van der Waals surface area (Å²) in [6.45, 7) is 6.20. The fourth-order valence-corrected chi connectivity index (χ4v) is 3.45. The second-order valence-electron chi connectivity index (χ2n) is 6.76. The number of aromatic nitrogens is 3. The molecule has 1 fully saturated rings. The fourth-order valence-electron chi connectivity index (χ4n) is 3.45. The highest BCUT2D eigenvalue weighted by atomic mass is 16.3. The zero-order valence-corrected chi connectivity index (χ0v) is 14.9. The van der Waals surface area contributed by atoms with E-state index in [-0.39, 0.29) is 6.10 Å². The van der Waals surface area contributed by atoms with Crippen molar-refractivity contribution < 1.29 is 5.11 Å². The number of aliphatic hydroxyl groups excluding tert-OH is 1. The maximum absolute atomic E-state index is 9.61. The van der Waals surface area contributed by atoms with Crippen LogP contribution in [0.3, 0.4) is 0 Å². The normalized spacial score (nSPS) is 16.8. The van der Waals surface area contributed by atoms with E-state index < -0.39 is 0 Å². The van der Waals surface area contributed by atoms with E-state index in [0.717, 1.165) is 60.8 Å². The molecule has 6 nitrogen and oxygen atoms in total. The maximum atomic E-state index is 9.61. The van der Waals surface area contributed by atoms with E-state index in [2.05, 4.69) is 20.9 Å². The monoisotopic (exact) mass is 349 g/mol. The van der Waals surface area contributed by atoms with Crippen LogP contribution >= 0.6 is 0 Å². The van der Waals surface area contributed by atoms with E-state index in [9.17, 15) is 5.11 Å². The van der Waals surface area contributed by atoms with Gasteiger partial charge in [-0.1, -0.05) is 12.1 Å². The summed E-state index contributed by atoms with van der Waals surface area (Å²) in [5.41, 5.74) is 1.93. The average Bonchev–Trinajstić information content (AvgIpc) is 2.68. The van der Waals surface area contributed by atoms with Crippen molar-refractivity contribution in [2.24, 2.45) is 0 Å². The third kappa shape index (κ3) is 3.52. The number of pyridine rings is 1. The number of hydrogen-bond acceptors (Lipinski definition) is 6. The number of aliphatic hydroxyl groups is 1. The van der Waals surface area contributed by atoms with Gasteiger partial charge in [-0.15, -0.1) is 0 Å². The number of para-hydroxylation sites is 1. The fraction of sp³-hybridized carbons (Fsp3) is 0.350. The Kier molecular flexibility index (Phi) is 4.77. The Bertz CT molecular complexity index is 876. The van der Waals surface area contributed by atoms with Crippen LogP contribution in [-0.4, -0.2) is 63.8 Å². The van der Waals surface area contributed by atoms with Crippen molar-refractivity contribution in [2.75, 3.05) is 37.6 Å². The van der Waals surface area contributed by atoms with Crippen molar-refractivity contribution in [1.82, 2.24) is 19.9 Å². The maximum Gasteiger partial charge on any atom is 0.162 e. The molecule has 6 heteroatoms. The molecule has 4 rings (SSSR count). The van der Waals surface area contributed by atoms with Gasteiger partial charge in [-0.25, -0.2) is 9.97 Å². The Hall–Kier alpha value is -2.57. The van der Waals surface area contributed by atoms with Gasteiger partial charge in [0.1, 0.15) is 5.82 Å². The molecule has 3 heterocycles. The summed E-state index contributed by atoms with van der Waals surface area (Å²) in [7, 11) is 0. The molecule has 0 radical (unpaired) electrons. The van der Waals surface area contributed by atoms with Crippen LogP contribution in [0.15, 0.2) is 48.8 Å². The van der Waals surface area contributed by atoms with Gasteiger partial charge in [0, 0.05) is 56.1 Å². The molecule has 0 aliphatic carbocycles. The largest absolute Gasteiger partial charge is 0.392 e. The van der Waals surface area contributed by atoms with Gasteiger partial charge in [0.05, 0.1) is 11.6 Å². The number of hydrogen-bond donors (Lipinski definition) is 1. The minimum absolute atomic E-state index is 0.292. The molecule has 1 N–H and O–H groups in total. The summed E-state index contributed by atoms with van der Waals surface area (Å²) >= 11 is 0. The Morgan fingerprint density at radius 1 is 1.00 bits per heavy atom. The summed E-state index contributed by atoms with van der Waals surface area (Å²) < 4.78 is 0. The van der Waals surface area contributed by atoms with Gasteiger partial charge in [0.25, 0.3) is 0 Å². The molecule has 2 aromatic heterocycles. The van der Waals surface area contributed by atoms with E-state index >= 15 is 0 Å². The number of β-amino-alcohol motifs (C(OH)–C–C–N with tert-alkyl or cyclic N) is 1. The molecule has 0 amide bonds. The minimum Gasteiger partial charge on any atom is -0.392 e. The molecule has 0 spiro atoms. The number of piperazine rings is 1. The molecule has 1 aromatic carbocycles. The zero-order valence-electron chi connectivity index (χ0n) is 14.9. The van der Waals surface area contributed by atoms with Crippen LogP contribution in [0, 0.1) is 0 Å². The highest BCUT2D eigenvalue weighted by molar-refractivity contribution is 5.91. The van der Waals surface area contributed by atoms with Crippen LogP contribution in [-0.2, 0) is 0 Å². The molecule has 134 valence electrons. The Labute approximate surface area is 153 Å². The predicted molar refractivity (Wildman–Crippen MR) is 103 cm³/mol. The lowest BCUT2D eigenvalue weighted by Crippen LogP contribution is -2.48. The first-order chi connectivity index (χ1) is 12.7. The molecule has 0 unspecified atom stereocenters. The first-order valence-electron chi connectivity index (χ1n) is 9.03. The number of benzene rings is 1. The van der Waals surface area contributed by atoms with Crippen LogP contribution in [0.2, 0.25) is 0 Å². The smallest absolute Gasteiger partial charge is 0.162 e. The van der Waals surface area contributed by atoms with Gasteiger partial charge in [-0.2, -0.15) is 0 Å². The lowest BCUT2D eigenvalue weighted by atomic mass is 10.2. The predicted octanol–water partition coefficient (Wildman–Crippen LogP) is 2.19. The third-order valence-corrected chi connectivity index (χ3v) is 4.72. The van der Waals surface area contributed by atoms with Gasteiger partial charge in [0.15, 0.2) is 5.82 Å². The van der Waals surface area contributed by atoms with Crippen molar-refractivity contribution in [3.63, 3.8) is 0 Å². The number of rotatable bonds is 4. The molecule has 0 bridgehead atoms. The molecule has 1 saturated heterocycles. The highest BCUT2D eigenvalue weighted by Gasteiger charge is 2.21. The number of nitrogens with zero attached hydrogens (tertiary/aromatic N) is 5. The summed E-state index contributed by atoms with van der Waals surface area (Å²) in [5.74, 6) is 1.71. The van der Waals surface area contributed by atoms with E-state index in [1.807, 2.05) is 37.3 Å². The van der Waals surface area contributed by atoms with E-state index in [4.69, 9.17) is 9.97 Å². The molecular formula is C20H23N5O. The van der Waals surface area contributed by atoms with Gasteiger partial charge >= 0.3 is 0 Å². The zero-order chi connectivity index (χ0) is 17.9. The lowest BCUT2D eigenvalue weighted by Gasteiger charge is -2.36. The summed E-state index contributed by atoms with van der Waals surface area (Å²) in [6.07, 6.45) is 3.24. The molecule has 0 saturated carbocycles. The highest BCUT2D eigenvalue weighted by Crippen LogP contribution is 2.28. The van der Waals surface area contributed by atoms with Crippen molar-refractivity contribution in [2.45, 2.75) is 13.0 Å². The Balaban J connectivity index is 1.68. The number of anilines is 1. The summed E-state index contributed by atoms with van der Waals surface area (Å²) in [5, 5.41) is 10.7. The van der Waals surface area contributed by atoms with Crippen LogP contribution in [0.5, 0.6) is 0 Å². The van der Waals surface area contributed by atoms with Crippen molar-refractivity contribution >= 4 is 16.7 Å². The molecular weight excluding hydrogens is 326 g/mol. The van der Waals surface area contributed by atoms with E-state index in [0.29, 0.717) is 0 Å². The topological polar surface area (TPSA) is 65.4 Å². The van der Waals surface area contributed by atoms with Crippen LogP contribution in [0.25, 0.3) is 22.3 Å². The summed E-state index contributed by atoms with van der Waals surface area (Å²) in [4.78, 5) is 18.4. The van der Waals surface area contributed by atoms with Crippen LogP contribution in [0.1, 0.15) is 6.92 Å². The number of fused-ring (bicyclic) bond motifs is 1. The van der Waals surface area contributed by atoms with Crippen LogP contribution in [0.4, 0.5) is 5.82 Å². The Morgan fingerprint density at radius 3 is 2.46 bits per heavy atom. The Morgan fingerprint density at radius 2 is 1.73 bits per heavy atom. The SMILES string of the molecule is C[C@@H](O)CN1CCN(c2nc(-c3ccncc3)nc3ccccc23)CC1. The van der Waals surface area contributed by atoms with Gasteiger partial charge in [0.2, 0.25) is 0 Å². The summed E-state index contributed by atoms with van der Waals surface area (Å²) in [6, 6.07) is 12.0. The van der Waals surface area contributed by atoms with Crippen LogP contribution < -0.4 is 4.90 Å². The molecule has 3 aromatic rings. The molecule has 1 aliphatic rings. The van der Waals surface area contributed by atoms with Crippen molar-refractivity contribution in [3.05, 3.63) is 48.8 Å². The molecule has 26 heavy (non-hydrogen) atoms. The van der Waals surface area contributed by atoms with E-state index in [1.165, 1.54) is 0 Å². The van der Waals surface area contributed by atoms with Crippen molar-refractivity contribution in [3.8, 4) is 11.4 Å². The molecule has 1 atom stereocenters. The quantitative estimate of drug-likeness (QED) is 0.779. The average molecular weight is 349 g/mol. The lowest BCUT2D eigenvalue weighted by molar-refractivity contribution is 0.122. The first-order valence-corrected chi connectivity index (χ1v) is 9.03. The second-order valence-corrected chi connectivity index (χ2v) is 6.76. The standard InChI is InChI=1S/C20H23N5O/c1-15(26)14-24-10-12-25(13-11-24)20-17-4-2-3-5-18(17)22-19(23-20)16-6-8-21-9-7-16/h2-9,15,26H,10-14H2,1H3/t15-/m1/s1. The van der Waals surface area contributed by atoms with Gasteiger partial charge < -0.3 is 10.0 Å². The molecule has 1 aliphatic heterocycles. The second kappa shape index (κ2) is 7.35. The van der Waals surface area contributed by atoms with Gasteiger partial charge in [-0.3, -0.25) is 9.88 Å². The first kappa shape index (κ1) is 16.9. The van der Waals surface area contributed by atoms with Crippen molar-refractivity contribution in [1.29, 1.82) is 0 Å². The van der Waals surface area contributed by atoms with Gasteiger partial charge in [-0.05, 0) is 31.2 Å². The third-order valence-electron chi connectivity index (χ3n) is 4.72. The minimum atomic E-state index is -0.292.